The second-order valence-corrected chi connectivity index (χ2v) is 8.58. The lowest BCUT2D eigenvalue weighted by Gasteiger charge is -2.42. The molecule has 5 nitrogen and oxygen atoms in total. The summed E-state index contributed by atoms with van der Waals surface area (Å²) in [6.45, 7) is 5.15. The van der Waals surface area contributed by atoms with E-state index in [-0.39, 0.29) is 17.7 Å². The molecule has 5 heteroatoms. The maximum absolute atomic E-state index is 13.1. The highest BCUT2D eigenvalue weighted by molar-refractivity contribution is 5.84. The standard InChI is InChI=1S/C24H31N3O2/c1-18(2)22(28)27-14-11-24(12-15-27,23(29)26(3)4)16-19-7-9-20(10-8-19)21-6-5-13-25-17-21/h5-10,13,17-18H,11-12,14-16H2,1-4H3. The Morgan fingerprint density at radius 3 is 2.24 bits per heavy atom. The summed E-state index contributed by atoms with van der Waals surface area (Å²) in [7, 11) is 3.64. The summed E-state index contributed by atoms with van der Waals surface area (Å²) in [5, 5.41) is 0. The lowest BCUT2D eigenvalue weighted by molar-refractivity contribution is -0.147. The SMILES string of the molecule is CC(C)C(=O)N1CCC(Cc2ccc(-c3cccnc3)cc2)(C(=O)N(C)C)CC1. The number of benzene rings is 1. The van der Waals surface area contributed by atoms with E-state index in [4.69, 9.17) is 0 Å². The third-order valence-corrected chi connectivity index (χ3v) is 5.88. The smallest absolute Gasteiger partial charge is 0.228 e. The quantitative estimate of drug-likeness (QED) is 0.779. The Balaban J connectivity index is 1.78. The first-order valence-electron chi connectivity index (χ1n) is 10.3. The summed E-state index contributed by atoms with van der Waals surface area (Å²) in [5.41, 5.74) is 2.90. The second kappa shape index (κ2) is 8.76. The fourth-order valence-electron chi connectivity index (χ4n) is 4.20. The molecule has 2 heterocycles. The Bertz CT molecular complexity index is 836. The van der Waals surface area contributed by atoms with Gasteiger partial charge in [0.1, 0.15) is 0 Å². The molecule has 0 N–H and O–H groups in total. The third-order valence-electron chi connectivity index (χ3n) is 5.88. The van der Waals surface area contributed by atoms with Crippen molar-refractivity contribution in [3.63, 3.8) is 0 Å². The molecule has 0 spiro atoms. The van der Waals surface area contributed by atoms with Crippen LogP contribution in [0.3, 0.4) is 0 Å². The molecule has 1 aromatic heterocycles. The molecule has 1 fully saturated rings. The highest BCUT2D eigenvalue weighted by atomic mass is 16.2. The molecule has 1 aromatic carbocycles. The first-order valence-corrected chi connectivity index (χ1v) is 10.3. The molecule has 1 saturated heterocycles. The van der Waals surface area contributed by atoms with Crippen molar-refractivity contribution >= 4 is 11.8 Å². The van der Waals surface area contributed by atoms with Crippen molar-refractivity contribution in [1.82, 2.24) is 14.8 Å². The van der Waals surface area contributed by atoms with Gasteiger partial charge in [-0.05, 0) is 42.0 Å². The van der Waals surface area contributed by atoms with E-state index in [1.54, 1.807) is 11.1 Å². The monoisotopic (exact) mass is 393 g/mol. The molecule has 154 valence electrons. The number of hydrogen-bond donors (Lipinski definition) is 0. The number of piperidine rings is 1. The number of carbonyl (C=O) groups is 2. The molecular formula is C24H31N3O2. The molecule has 0 aliphatic carbocycles. The van der Waals surface area contributed by atoms with E-state index >= 15 is 0 Å². The summed E-state index contributed by atoms with van der Waals surface area (Å²) in [5.74, 6) is 0.328. The van der Waals surface area contributed by atoms with Crippen LogP contribution in [0.5, 0.6) is 0 Å². The van der Waals surface area contributed by atoms with Gasteiger partial charge in [-0.2, -0.15) is 0 Å². The zero-order valence-corrected chi connectivity index (χ0v) is 17.9. The summed E-state index contributed by atoms with van der Waals surface area (Å²) < 4.78 is 0. The normalized spacial score (nSPS) is 16.0. The van der Waals surface area contributed by atoms with Crippen LogP contribution in [-0.4, -0.2) is 53.8 Å². The van der Waals surface area contributed by atoms with Gasteiger partial charge in [0.15, 0.2) is 0 Å². The average molecular weight is 394 g/mol. The van der Waals surface area contributed by atoms with Crippen LogP contribution >= 0.6 is 0 Å². The third kappa shape index (κ3) is 4.66. The van der Waals surface area contributed by atoms with Crippen molar-refractivity contribution in [2.45, 2.75) is 33.1 Å². The van der Waals surface area contributed by atoms with Crippen molar-refractivity contribution < 1.29 is 9.59 Å². The first-order chi connectivity index (χ1) is 13.8. The molecule has 0 radical (unpaired) electrons. The predicted molar refractivity (Wildman–Crippen MR) is 115 cm³/mol. The van der Waals surface area contributed by atoms with Gasteiger partial charge >= 0.3 is 0 Å². The van der Waals surface area contributed by atoms with Gasteiger partial charge in [-0.3, -0.25) is 14.6 Å². The number of nitrogens with zero attached hydrogens (tertiary/aromatic N) is 3. The number of amides is 2. The topological polar surface area (TPSA) is 53.5 Å². The van der Waals surface area contributed by atoms with E-state index in [0.717, 1.165) is 16.7 Å². The van der Waals surface area contributed by atoms with E-state index < -0.39 is 5.41 Å². The highest BCUT2D eigenvalue weighted by Gasteiger charge is 2.43. The van der Waals surface area contributed by atoms with Crippen LogP contribution in [-0.2, 0) is 16.0 Å². The van der Waals surface area contributed by atoms with Crippen molar-refractivity contribution in [2.75, 3.05) is 27.2 Å². The molecule has 0 bridgehead atoms. The zero-order chi connectivity index (χ0) is 21.0. The van der Waals surface area contributed by atoms with Crippen LogP contribution < -0.4 is 0 Å². The largest absolute Gasteiger partial charge is 0.348 e. The van der Waals surface area contributed by atoms with E-state index in [2.05, 4.69) is 29.2 Å². The predicted octanol–water partition coefficient (Wildman–Crippen LogP) is 3.64. The molecule has 3 rings (SSSR count). The minimum atomic E-state index is -0.451. The minimum absolute atomic E-state index is 0.00734. The molecule has 2 aromatic rings. The van der Waals surface area contributed by atoms with E-state index in [9.17, 15) is 9.59 Å². The van der Waals surface area contributed by atoms with Gasteiger partial charge in [0.05, 0.1) is 5.41 Å². The Morgan fingerprint density at radius 2 is 1.72 bits per heavy atom. The number of carbonyl (C=O) groups excluding carboxylic acids is 2. The molecule has 0 unspecified atom stereocenters. The van der Waals surface area contributed by atoms with E-state index in [1.165, 1.54) is 0 Å². The van der Waals surface area contributed by atoms with Gasteiger partial charge in [-0.25, -0.2) is 0 Å². The fourth-order valence-corrected chi connectivity index (χ4v) is 4.20. The Morgan fingerprint density at radius 1 is 1.07 bits per heavy atom. The van der Waals surface area contributed by atoms with Crippen molar-refractivity contribution in [2.24, 2.45) is 11.3 Å². The maximum atomic E-state index is 13.1. The van der Waals surface area contributed by atoms with Gasteiger partial charge in [0.25, 0.3) is 0 Å². The minimum Gasteiger partial charge on any atom is -0.348 e. The molecule has 0 atom stereocenters. The molecule has 0 saturated carbocycles. The fraction of sp³-hybridized carbons (Fsp3) is 0.458. The van der Waals surface area contributed by atoms with E-state index in [1.807, 2.05) is 51.2 Å². The highest BCUT2D eigenvalue weighted by Crippen LogP contribution is 2.37. The summed E-state index contributed by atoms with van der Waals surface area (Å²) >= 11 is 0. The van der Waals surface area contributed by atoms with Gasteiger partial charge in [0.2, 0.25) is 11.8 Å². The molecule has 1 aliphatic heterocycles. The Hall–Kier alpha value is -2.69. The van der Waals surface area contributed by atoms with Crippen molar-refractivity contribution in [3.05, 3.63) is 54.4 Å². The number of hydrogen-bond acceptors (Lipinski definition) is 3. The Kier molecular flexibility index (Phi) is 6.36. The van der Waals surface area contributed by atoms with Crippen LogP contribution in [0, 0.1) is 11.3 Å². The summed E-state index contributed by atoms with van der Waals surface area (Å²) in [4.78, 5) is 33.3. The van der Waals surface area contributed by atoms with Gasteiger partial charge in [-0.1, -0.05) is 44.2 Å². The number of pyridine rings is 1. The van der Waals surface area contributed by atoms with Crippen molar-refractivity contribution in [1.29, 1.82) is 0 Å². The second-order valence-electron chi connectivity index (χ2n) is 8.58. The molecule has 1 aliphatic rings. The van der Waals surface area contributed by atoms with E-state index in [0.29, 0.717) is 32.4 Å². The van der Waals surface area contributed by atoms with Gasteiger partial charge in [-0.15, -0.1) is 0 Å². The number of likely N-dealkylation sites (tertiary alicyclic amines) is 1. The van der Waals surface area contributed by atoms with Gasteiger partial charge < -0.3 is 9.80 Å². The lowest BCUT2D eigenvalue weighted by atomic mass is 9.72. The summed E-state index contributed by atoms with van der Waals surface area (Å²) in [6, 6.07) is 12.4. The van der Waals surface area contributed by atoms with Gasteiger partial charge in [0, 0.05) is 45.5 Å². The molecule has 2 amide bonds. The molecular weight excluding hydrogens is 362 g/mol. The number of rotatable bonds is 5. The number of aromatic nitrogens is 1. The zero-order valence-electron chi connectivity index (χ0n) is 17.9. The Labute approximate surface area is 173 Å². The van der Waals surface area contributed by atoms with Crippen LogP contribution in [0.1, 0.15) is 32.3 Å². The van der Waals surface area contributed by atoms with Crippen LogP contribution in [0.25, 0.3) is 11.1 Å². The maximum Gasteiger partial charge on any atom is 0.228 e. The van der Waals surface area contributed by atoms with Crippen LogP contribution in [0.4, 0.5) is 0 Å². The van der Waals surface area contributed by atoms with Crippen molar-refractivity contribution in [3.8, 4) is 11.1 Å². The average Bonchev–Trinajstić information content (AvgIpc) is 2.74. The lowest BCUT2D eigenvalue weighted by Crippen LogP contribution is -2.51. The van der Waals surface area contributed by atoms with Crippen LogP contribution in [0.2, 0.25) is 0 Å². The summed E-state index contributed by atoms with van der Waals surface area (Å²) in [6.07, 6.45) is 5.72. The molecule has 29 heavy (non-hydrogen) atoms. The first kappa shape index (κ1) is 21.0. The van der Waals surface area contributed by atoms with Crippen LogP contribution in [0.15, 0.2) is 48.8 Å².